The van der Waals surface area contributed by atoms with Crippen LogP contribution < -0.4 is 5.32 Å². The van der Waals surface area contributed by atoms with Crippen molar-refractivity contribution >= 4 is 35.6 Å². The van der Waals surface area contributed by atoms with E-state index in [1.807, 2.05) is 0 Å². The normalized spacial score (nSPS) is 20.3. The molecular formula is C10H11Cl3FNO. The molecule has 0 unspecified atom stereocenters. The second-order valence-corrected chi connectivity index (χ2v) is 4.12. The average molecular weight is 287 g/mol. The highest BCUT2D eigenvalue weighted by molar-refractivity contribution is 6.42. The highest BCUT2D eigenvalue weighted by atomic mass is 35.5. The molecule has 2 rings (SSSR count). The van der Waals surface area contributed by atoms with Gasteiger partial charge < -0.3 is 10.1 Å². The topological polar surface area (TPSA) is 21.3 Å². The van der Waals surface area contributed by atoms with Crippen LogP contribution in [-0.2, 0) is 4.74 Å². The van der Waals surface area contributed by atoms with Crippen molar-refractivity contribution in [2.45, 2.75) is 6.04 Å². The lowest BCUT2D eigenvalue weighted by molar-refractivity contribution is 0.0758. The van der Waals surface area contributed by atoms with Crippen LogP contribution in [0.15, 0.2) is 12.1 Å². The Hall–Kier alpha value is -0.0600. The lowest BCUT2D eigenvalue weighted by Gasteiger charge is -2.25. The highest BCUT2D eigenvalue weighted by Gasteiger charge is 2.22. The maximum Gasteiger partial charge on any atom is 0.129 e. The number of morpholine rings is 1. The quantitative estimate of drug-likeness (QED) is 0.801. The second-order valence-electron chi connectivity index (χ2n) is 3.34. The molecule has 1 heterocycles. The fourth-order valence-electron chi connectivity index (χ4n) is 1.61. The molecule has 90 valence electrons. The van der Waals surface area contributed by atoms with Gasteiger partial charge in [0.1, 0.15) is 5.82 Å². The molecule has 1 atom stereocenters. The van der Waals surface area contributed by atoms with E-state index in [9.17, 15) is 4.39 Å². The van der Waals surface area contributed by atoms with Crippen LogP contribution in [0, 0.1) is 5.82 Å². The van der Waals surface area contributed by atoms with Crippen LogP contribution in [-0.4, -0.2) is 19.8 Å². The Morgan fingerprint density at radius 1 is 1.38 bits per heavy atom. The Balaban J connectivity index is 0.00000128. The van der Waals surface area contributed by atoms with E-state index in [-0.39, 0.29) is 29.3 Å². The van der Waals surface area contributed by atoms with Gasteiger partial charge in [-0.2, -0.15) is 0 Å². The van der Waals surface area contributed by atoms with Gasteiger partial charge in [0.2, 0.25) is 0 Å². The summed E-state index contributed by atoms with van der Waals surface area (Å²) in [6, 6.07) is 2.55. The zero-order chi connectivity index (χ0) is 10.8. The summed E-state index contributed by atoms with van der Waals surface area (Å²) >= 11 is 11.8. The first-order valence-corrected chi connectivity index (χ1v) is 5.40. The van der Waals surface area contributed by atoms with Crippen LogP contribution in [0.2, 0.25) is 10.0 Å². The molecule has 1 N–H and O–H groups in total. The van der Waals surface area contributed by atoms with Gasteiger partial charge in [-0.1, -0.05) is 23.2 Å². The van der Waals surface area contributed by atoms with Gasteiger partial charge in [-0.25, -0.2) is 4.39 Å². The van der Waals surface area contributed by atoms with Gasteiger partial charge >= 0.3 is 0 Å². The van der Waals surface area contributed by atoms with Crippen molar-refractivity contribution in [2.24, 2.45) is 0 Å². The Kier molecular flexibility index (Phi) is 5.28. The van der Waals surface area contributed by atoms with Gasteiger partial charge in [0.25, 0.3) is 0 Å². The molecule has 6 heteroatoms. The predicted octanol–water partition coefficient (Wildman–Crippen LogP) is 3.22. The summed E-state index contributed by atoms with van der Waals surface area (Å²) in [5.41, 5.74) is 0.392. The summed E-state index contributed by atoms with van der Waals surface area (Å²) in [5.74, 6) is -0.354. The predicted molar refractivity (Wildman–Crippen MR) is 65.2 cm³/mol. The zero-order valence-corrected chi connectivity index (χ0v) is 10.6. The van der Waals surface area contributed by atoms with Gasteiger partial charge in [-0.15, -0.1) is 12.4 Å². The van der Waals surface area contributed by atoms with E-state index in [0.29, 0.717) is 30.3 Å². The summed E-state index contributed by atoms with van der Waals surface area (Å²) in [6.07, 6.45) is 0. The summed E-state index contributed by atoms with van der Waals surface area (Å²) < 4.78 is 18.8. The minimum atomic E-state index is -0.354. The molecule has 16 heavy (non-hydrogen) atoms. The molecule has 1 aromatic rings. The van der Waals surface area contributed by atoms with Gasteiger partial charge in [0.05, 0.1) is 29.3 Å². The number of halogens is 4. The van der Waals surface area contributed by atoms with Crippen molar-refractivity contribution < 1.29 is 9.13 Å². The fourth-order valence-corrected chi connectivity index (χ4v) is 2.06. The van der Waals surface area contributed by atoms with Crippen molar-refractivity contribution in [3.63, 3.8) is 0 Å². The summed E-state index contributed by atoms with van der Waals surface area (Å²) in [5, 5.41) is 3.76. The van der Waals surface area contributed by atoms with E-state index in [1.54, 1.807) is 0 Å². The van der Waals surface area contributed by atoms with Crippen molar-refractivity contribution in [2.75, 3.05) is 19.8 Å². The van der Waals surface area contributed by atoms with Crippen molar-refractivity contribution in [3.05, 3.63) is 33.6 Å². The third kappa shape index (κ3) is 2.79. The van der Waals surface area contributed by atoms with E-state index >= 15 is 0 Å². The maximum atomic E-state index is 13.6. The third-order valence-electron chi connectivity index (χ3n) is 2.35. The monoisotopic (exact) mass is 285 g/mol. The highest BCUT2D eigenvalue weighted by Crippen LogP contribution is 2.32. The Labute approximate surface area is 109 Å². The van der Waals surface area contributed by atoms with Gasteiger partial charge in [-0.3, -0.25) is 0 Å². The molecule has 0 bridgehead atoms. The van der Waals surface area contributed by atoms with Gasteiger partial charge in [-0.05, 0) is 12.1 Å². The third-order valence-corrected chi connectivity index (χ3v) is 3.17. The minimum Gasteiger partial charge on any atom is -0.378 e. The number of hydrogen-bond donors (Lipinski definition) is 1. The van der Waals surface area contributed by atoms with E-state index in [0.717, 1.165) is 0 Å². The minimum absolute atomic E-state index is 0. The van der Waals surface area contributed by atoms with Crippen LogP contribution >= 0.6 is 35.6 Å². The van der Waals surface area contributed by atoms with E-state index in [4.69, 9.17) is 27.9 Å². The molecule has 1 aromatic carbocycles. The summed E-state index contributed by atoms with van der Waals surface area (Å²) in [4.78, 5) is 0. The molecule has 1 aliphatic rings. The lowest BCUT2D eigenvalue weighted by Crippen LogP contribution is -2.35. The van der Waals surface area contributed by atoms with Crippen molar-refractivity contribution in [1.82, 2.24) is 5.32 Å². The number of hydrogen-bond acceptors (Lipinski definition) is 2. The molecule has 0 aliphatic carbocycles. The molecule has 2 nitrogen and oxygen atoms in total. The fraction of sp³-hybridized carbons (Fsp3) is 0.400. The van der Waals surface area contributed by atoms with Crippen LogP contribution in [0.5, 0.6) is 0 Å². The number of ether oxygens (including phenoxy) is 1. The smallest absolute Gasteiger partial charge is 0.129 e. The molecule has 0 aromatic heterocycles. The zero-order valence-electron chi connectivity index (χ0n) is 8.30. The molecule has 1 fully saturated rings. The SMILES string of the molecule is Cl.Fc1ccc(Cl)c(Cl)c1[C@@H]1COCCN1. The molecule has 1 aliphatic heterocycles. The molecular weight excluding hydrogens is 275 g/mol. The summed E-state index contributed by atoms with van der Waals surface area (Å²) in [7, 11) is 0. The van der Waals surface area contributed by atoms with Gasteiger partial charge in [0.15, 0.2) is 0 Å². The average Bonchev–Trinajstić information content (AvgIpc) is 2.26. The molecule has 0 saturated carbocycles. The standard InChI is InChI=1S/C10H10Cl2FNO.ClH/c11-6-1-2-7(13)9(10(6)12)8-5-15-4-3-14-8;/h1-2,8,14H,3-5H2;1H/t8-;/m0./s1. The lowest BCUT2D eigenvalue weighted by atomic mass is 10.1. The molecule has 0 spiro atoms. The number of nitrogens with one attached hydrogen (secondary N) is 1. The van der Waals surface area contributed by atoms with E-state index < -0.39 is 0 Å². The first kappa shape index (κ1) is 14.0. The van der Waals surface area contributed by atoms with Crippen LogP contribution in [0.1, 0.15) is 11.6 Å². The van der Waals surface area contributed by atoms with Crippen LogP contribution in [0.4, 0.5) is 4.39 Å². The van der Waals surface area contributed by atoms with Gasteiger partial charge in [0, 0.05) is 12.1 Å². The Morgan fingerprint density at radius 2 is 2.12 bits per heavy atom. The molecule has 0 radical (unpaired) electrons. The second kappa shape index (κ2) is 6.03. The van der Waals surface area contributed by atoms with Crippen LogP contribution in [0.3, 0.4) is 0 Å². The first-order valence-electron chi connectivity index (χ1n) is 4.64. The molecule has 0 amide bonds. The largest absolute Gasteiger partial charge is 0.378 e. The van der Waals surface area contributed by atoms with Crippen molar-refractivity contribution in [1.29, 1.82) is 0 Å². The number of rotatable bonds is 1. The maximum absolute atomic E-state index is 13.6. The first-order chi connectivity index (χ1) is 7.20. The Bertz CT molecular complexity index is 369. The Morgan fingerprint density at radius 3 is 2.75 bits per heavy atom. The summed E-state index contributed by atoms with van der Waals surface area (Å²) in [6.45, 7) is 1.74. The van der Waals surface area contributed by atoms with Crippen molar-refractivity contribution in [3.8, 4) is 0 Å². The van der Waals surface area contributed by atoms with E-state index in [1.165, 1.54) is 12.1 Å². The van der Waals surface area contributed by atoms with E-state index in [2.05, 4.69) is 5.32 Å². The molecule has 1 saturated heterocycles. The van der Waals surface area contributed by atoms with Crippen LogP contribution in [0.25, 0.3) is 0 Å². The number of benzene rings is 1.